The fourth-order valence-electron chi connectivity index (χ4n) is 1.58. The molecule has 0 bridgehead atoms. The minimum Gasteiger partial charge on any atom is -0.495 e. The largest absolute Gasteiger partial charge is 0.495 e. The van der Waals surface area contributed by atoms with Crippen LogP contribution in [0.2, 0.25) is 0 Å². The fraction of sp³-hybridized carbons (Fsp3) is 0.231. The maximum Gasteiger partial charge on any atom is 0.142 e. The first kappa shape index (κ1) is 12.5. The number of rotatable bonds is 4. The molecule has 0 fully saturated rings. The maximum absolute atomic E-state index is 5.31. The minimum absolute atomic E-state index is 0.825. The SMILES string of the molecule is COc1ccc(Br)cc1NCc1ccc(C)s1. The molecule has 0 aliphatic carbocycles. The van der Waals surface area contributed by atoms with E-state index >= 15 is 0 Å². The van der Waals surface area contributed by atoms with Gasteiger partial charge in [-0.25, -0.2) is 0 Å². The van der Waals surface area contributed by atoms with Crippen LogP contribution in [-0.2, 0) is 6.54 Å². The number of hydrogen-bond donors (Lipinski definition) is 1. The molecular weight excluding hydrogens is 298 g/mol. The van der Waals surface area contributed by atoms with Crippen LogP contribution in [0.1, 0.15) is 9.75 Å². The Balaban J connectivity index is 2.10. The van der Waals surface area contributed by atoms with Crippen LogP contribution in [0.3, 0.4) is 0 Å². The molecule has 1 aromatic carbocycles. The van der Waals surface area contributed by atoms with Crippen molar-refractivity contribution in [3.8, 4) is 5.75 Å². The number of ether oxygens (including phenoxy) is 1. The van der Waals surface area contributed by atoms with Crippen LogP contribution in [0.5, 0.6) is 5.75 Å². The molecule has 4 heteroatoms. The van der Waals surface area contributed by atoms with E-state index in [0.717, 1.165) is 22.5 Å². The average molecular weight is 312 g/mol. The number of hydrogen-bond acceptors (Lipinski definition) is 3. The van der Waals surface area contributed by atoms with Gasteiger partial charge in [-0.05, 0) is 37.3 Å². The van der Waals surface area contributed by atoms with Crippen molar-refractivity contribution in [2.75, 3.05) is 12.4 Å². The zero-order chi connectivity index (χ0) is 12.3. The predicted octanol–water partition coefficient (Wildman–Crippen LogP) is 4.44. The van der Waals surface area contributed by atoms with Crippen LogP contribution >= 0.6 is 27.3 Å². The van der Waals surface area contributed by atoms with E-state index < -0.39 is 0 Å². The highest BCUT2D eigenvalue weighted by atomic mass is 79.9. The first-order valence-electron chi connectivity index (χ1n) is 5.32. The van der Waals surface area contributed by atoms with Gasteiger partial charge in [0.15, 0.2) is 0 Å². The minimum atomic E-state index is 0.825. The zero-order valence-corrected chi connectivity index (χ0v) is 12.2. The molecule has 0 radical (unpaired) electrons. The van der Waals surface area contributed by atoms with Gasteiger partial charge in [-0.15, -0.1) is 11.3 Å². The zero-order valence-electron chi connectivity index (χ0n) is 9.79. The molecule has 1 aromatic heterocycles. The molecule has 0 saturated heterocycles. The Kier molecular flexibility index (Phi) is 4.07. The lowest BCUT2D eigenvalue weighted by Gasteiger charge is -2.10. The van der Waals surface area contributed by atoms with Crippen LogP contribution in [0.25, 0.3) is 0 Å². The summed E-state index contributed by atoms with van der Waals surface area (Å²) in [6.07, 6.45) is 0. The standard InChI is InChI=1S/C13H14BrNOS/c1-9-3-5-11(17-9)8-15-12-7-10(14)4-6-13(12)16-2/h3-7,15H,8H2,1-2H3. The van der Waals surface area contributed by atoms with Crippen molar-refractivity contribution in [2.45, 2.75) is 13.5 Å². The molecule has 2 aromatic rings. The van der Waals surface area contributed by atoms with Crippen molar-refractivity contribution in [1.29, 1.82) is 0 Å². The van der Waals surface area contributed by atoms with Gasteiger partial charge in [0, 0.05) is 20.8 Å². The van der Waals surface area contributed by atoms with Crippen molar-refractivity contribution >= 4 is 33.0 Å². The second kappa shape index (κ2) is 5.56. The molecule has 0 spiro atoms. The van der Waals surface area contributed by atoms with Crippen molar-refractivity contribution in [2.24, 2.45) is 0 Å². The Bertz CT molecular complexity index is 510. The molecular formula is C13H14BrNOS. The van der Waals surface area contributed by atoms with Gasteiger partial charge >= 0.3 is 0 Å². The summed E-state index contributed by atoms with van der Waals surface area (Å²) >= 11 is 5.27. The summed E-state index contributed by atoms with van der Waals surface area (Å²) < 4.78 is 6.36. The van der Waals surface area contributed by atoms with Crippen molar-refractivity contribution in [1.82, 2.24) is 0 Å². The van der Waals surface area contributed by atoms with E-state index in [2.05, 4.69) is 40.3 Å². The van der Waals surface area contributed by atoms with Gasteiger partial charge in [0.25, 0.3) is 0 Å². The van der Waals surface area contributed by atoms with Gasteiger partial charge in [0.05, 0.1) is 12.8 Å². The fourth-order valence-corrected chi connectivity index (χ4v) is 2.77. The lowest BCUT2D eigenvalue weighted by Crippen LogP contribution is -1.99. The Hall–Kier alpha value is -1.00. The Labute approximate surface area is 114 Å². The molecule has 2 rings (SSSR count). The van der Waals surface area contributed by atoms with E-state index in [1.165, 1.54) is 9.75 Å². The van der Waals surface area contributed by atoms with Gasteiger partial charge < -0.3 is 10.1 Å². The van der Waals surface area contributed by atoms with E-state index in [0.29, 0.717) is 0 Å². The number of benzene rings is 1. The lowest BCUT2D eigenvalue weighted by atomic mass is 10.3. The molecule has 0 saturated carbocycles. The Morgan fingerprint density at radius 3 is 2.76 bits per heavy atom. The van der Waals surface area contributed by atoms with Crippen LogP contribution in [0, 0.1) is 6.92 Å². The second-order valence-electron chi connectivity index (χ2n) is 3.71. The summed E-state index contributed by atoms with van der Waals surface area (Å²) in [5.74, 6) is 0.862. The number of anilines is 1. The van der Waals surface area contributed by atoms with E-state index in [1.807, 2.05) is 29.5 Å². The van der Waals surface area contributed by atoms with Gasteiger partial charge in [-0.2, -0.15) is 0 Å². The quantitative estimate of drug-likeness (QED) is 0.901. The molecule has 1 heterocycles. The van der Waals surface area contributed by atoms with Crippen molar-refractivity contribution in [3.05, 3.63) is 44.6 Å². The van der Waals surface area contributed by atoms with Crippen LogP contribution in [-0.4, -0.2) is 7.11 Å². The number of aryl methyl sites for hydroxylation is 1. The van der Waals surface area contributed by atoms with Crippen LogP contribution in [0.15, 0.2) is 34.8 Å². The first-order chi connectivity index (χ1) is 8.19. The molecule has 17 heavy (non-hydrogen) atoms. The van der Waals surface area contributed by atoms with Gasteiger partial charge in [-0.1, -0.05) is 15.9 Å². The summed E-state index contributed by atoms with van der Waals surface area (Å²) in [5.41, 5.74) is 1.01. The molecule has 0 amide bonds. The third-order valence-electron chi connectivity index (χ3n) is 2.41. The third-order valence-corrected chi connectivity index (χ3v) is 3.90. The number of halogens is 1. The molecule has 0 atom stereocenters. The topological polar surface area (TPSA) is 21.3 Å². The molecule has 1 N–H and O–H groups in total. The highest BCUT2D eigenvalue weighted by molar-refractivity contribution is 9.10. The summed E-state index contributed by atoms with van der Waals surface area (Å²) in [6, 6.07) is 10.2. The molecule has 2 nitrogen and oxygen atoms in total. The van der Waals surface area contributed by atoms with Gasteiger partial charge in [-0.3, -0.25) is 0 Å². The summed E-state index contributed by atoms with van der Waals surface area (Å²) in [5, 5.41) is 3.39. The monoisotopic (exact) mass is 311 g/mol. The molecule has 90 valence electrons. The van der Waals surface area contributed by atoms with Gasteiger partial charge in [0.2, 0.25) is 0 Å². The Morgan fingerprint density at radius 1 is 1.29 bits per heavy atom. The maximum atomic E-state index is 5.31. The smallest absolute Gasteiger partial charge is 0.142 e. The highest BCUT2D eigenvalue weighted by Gasteiger charge is 2.04. The number of thiophene rings is 1. The molecule has 0 aliphatic heterocycles. The van der Waals surface area contributed by atoms with E-state index in [9.17, 15) is 0 Å². The van der Waals surface area contributed by atoms with Crippen molar-refractivity contribution in [3.63, 3.8) is 0 Å². The summed E-state index contributed by atoms with van der Waals surface area (Å²) in [4.78, 5) is 2.66. The second-order valence-corrected chi connectivity index (χ2v) is 6.00. The van der Waals surface area contributed by atoms with Gasteiger partial charge in [0.1, 0.15) is 5.75 Å². The summed E-state index contributed by atoms with van der Waals surface area (Å²) in [7, 11) is 1.68. The number of methoxy groups -OCH3 is 1. The summed E-state index contributed by atoms with van der Waals surface area (Å²) in [6.45, 7) is 2.94. The van der Waals surface area contributed by atoms with Crippen LogP contribution < -0.4 is 10.1 Å². The number of nitrogens with one attached hydrogen (secondary N) is 1. The predicted molar refractivity (Wildman–Crippen MR) is 77.1 cm³/mol. The lowest BCUT2D eigenvalue weighted by molar-refractivity contribution is 0.416. The van der Waals surface area contributed by atoms with Crippen molar-refractivity contribution < 1.29 is 4.74 Å². The van der Waals surface area contributed by atoms with E-state index in [1.54, 1.807) is 7.11 Å². The third kappa shape index (κ3) is 3.23. The average Bonchev–Trinajstić information content (AvgIpc) is 2.73. The van der Waals surface area contributed by atoms with E-state index in [4.69, 9.17) is 4.74 Å². The molecule has 0 aliphatic rings. The van der Waals surface area contributed by atoms with E-state index in [-0.39, 0.29) is 0 Å². The molecule has 0 unspecified atom stereocenters. The highest BCUT2D eigenvalue weighted by Crippen LogP contribution is 2.28. The van der Waals surface area contributed by atoms with Crippen LogP contribution in [0.4, 0.5) is 5.69 Å². The normalized spacial score (nSPS) is 10.3. The first-order valence-corrected chi connectivity index (χ1v) is 6.92. The Morgan fingerprint density at radius 2 is 2.12 bits per heavy atom.